The first kappa shape index (κ1) is 28.7. The number of nitriles is 1. The lowest BCUT2D eigenvalue weighted by Crippen LogP contribution is -2.51. The third-order valence-electron chi connectivity index (χ3n) is 8.09. The third kappa shape index (κ3) is 5.79. The summed E-state index contributed by atoms with van der Waals surface area (Å²) in [5.74, 6) is -0.833. The van der Waals surface area contributed by atoms with Crippen molar-refractivity contribution >= 4 is 34.7 Å². The lowest BCUT2D eigenvalue weighted by atomic mass is 9.88. The van der Waals surface area contributed by atoms with Gasteiger partial charge in [-0.25, -0.2) is 4.79 Å². The number of likely N-dealkylation sites (tertiary alicyclic amines) is 1. The van der Waals surface area contributed by atoms with Crippen molar-refractivity contribution in [2.45, 2.75) is 46.2 Å². The maximum absolute atomic E-state index is 13.4. The molecule has 0 saturated carbocycles. The minimum absolute atomic E-state index is 0.131. The van der Waals surface area contributed by atoms with Gasteiger partial charge in [0, 0.05) is 43.7 Å². The fourth-order valence-electron chi connectivity index (χ4n) is 5.92. The monoisotopic (exact) mass is 570 g/mol. The zero-order valence-electron chi connectivity index (χ0n) is 23.9. The Hall–Kier alpha value is -4.85. The van der Waals surface area contributed by atoms with Crippen molar-refractivity contribution in [3.8, 4) is 6.19 Å². The number of carbonyl (C=O) groups is 3. The number of benzene rings is 2. The molecule has 11 nitrogen and oxygen atoms in total. The highest BCUT2D eigenvalue weighted by Crippen LogP contribution is 2.29. The molecule has 42 heavy (non-hydrogen) atoms. The van der Waals surface area contributed by atoms with Crippen LogP contribution >= 0.6 is 0 Å². The van der Waals surface area contributed by atoms with Crippen LogP contribution in [0.4, 0.5) is 0 Å². The number of aliphatic imine (C=N–C) groups is 1. The zero-order valence-corrected chi connectivity index (χ0v) is 23.9. The van der Waals surface area contributed by atoms with E-state index in [4.69, 9.17) is 9.68 Å². The van der Waals surface area contributed by atoms with Gasteiger partial charge in [-0.3, -0.25) is 9.59 Å². The van der Waals surface area contributed by atoms with Crippen LogP contribution in [0.15, 0.2) is 45.8 Å². The number of aryl methyl sites for hydroxylation is 1. The van der Waals surface area contributed by atoms with Crippen molar-refractivity contribution in [2.24, 2.45) is 10.9 Å². The van der Waals surface area contributed by atoms with Crippen LogP contribution in [0.2, 0.25) is 0 Å². The van der Waals surface area contributed by atoms with Crippen LogP contribution in [0.1, 0.15) is 56.5 Å². The van der Waals surface area contributed by atoms with Crippen molar-refractivity contribution in [2.75, 3.05) is 26.2 Å². The summed E-state index contributed by atoms with van der Waals surface area (Å²) < 4.78 is 5.78. The minimum Gasteiger partial charge on any atom is -0.480 e. The standard InChI is InChI=1S/C31H34N6O5/c1-18-8-10-37(15-18)31(34-17-32)33-14-24(30(40)41)35-28(38)27-19(2)12-22-16-36(11-9-23(22)20(27)3)29(39)26-13-21-6-4-5-7-25(21)42-26/h4-7,12-13,18,24H,8-11,14-16H2,1-3H3,(H,33,34)(H,35,38)(H,40,41). The van der Waals surface area contributed by atoms with Gasteiger partial charge < -0.3 is 30.0 Å². The van der Waals surface area contributed by atoms with Crippen molar-refractivity contribution < 1.29 is 23.9 Å². The molecule has 2 aliphatic heterocycles. The molecule has 1 saturated heterocycles. The van der Waals surface area contributed by atoms with Gasteiger partial charge in [0.15, 0.2) is 5.76 Å². The average molecular weight is 571 g/mol. The second-order valence-corrected chi connectivity index (χ2v) is 11.1. The molecule has 0 aliphatic carbocycles. The first-order valence-electron chi connectivity index (χ1n) is 14.0. The smallest absolute Gasteiger partial charge is 0.328 e. The number of guanidine groups is 1. The largest absolute Gasteiger partial charge is 0.480 e. The van der Waals surface area contributed by atoms with Crippen molar-refractivity contribution in [1.29, 1.82) is 5.26 Å². The number of nitrogens with one attached hydrogen (secondary N) is 2. The number of hydrogen-bond donors (Lipinski definition) is 3. The fraction of sp³-hybridized carbons (Fsp3) is 0.387. The number of nitrogens with zero attached hydrogens (tertiary/aromatic N) is 4. The van der Waals surface area contributed by atoms with Crippen LogP contribution in [-0.2, 0) is 17.8 Å². The molecule has 2 atom stereocenters. The zero-order chi connectivity index (χ0) is 30.0. The molecule has 0 radical (unpaired) electrons. The number of fused-ring (bicyclic) bond motifs is 2. The Balaban J connectivity index is 1.29. The summed E-state index contributed by atoms with van der Waals surface area (Å²) in [6.45, 7) is 7.91. The molecule has 2 aromatic carbocycles. The molecule has 0 bridgehead atoms. The molecule has 11 heteroatoms. The molecule has 3 heterocycles. The Labute approximate surface area is 243 Å². The first-order valence-corrected chi connectivity index (χ1v) is 14.0. The summed E-state index contributed by atoms with van der Waals surface area (Å²) in [6, 6.07) is 9.90. The molecular weight excluding hydrogens is 536 g/mol. The molecule has 218 valence electrons. The van der Waals surface area contributed by atoms with E-state index in [0.29, 0.717) is 66.9 Å². The van der Waals surface area contributed by atoms with Gasteiger partial charge in [-0.15, -0.1) is 4.99 Å². The van der Waals surface area contributed by atoms with E-state index in [1.165, 1.54) is 0 Å². The van der Waals surface area contributed by atoms with Crippen LogP contribution in [0.5, 0.6) is 0 Å². The molecule has 3 N–H and O–H groups in total. The highest BCUT2D eigenvalue weighted by atomic mass is 16.4. The van der Waals surface area contributed by atoms with Gasteiger partial charge in [-0.2, -0.15) is 5.26 Å². The number of aliphatic carboxylic acids is 1. The molecular formula is C31H34N6O5. The Morgan fingerprint density at radius 1 is 1.19 bits per heavy atom. The maximum Gasteiger partial charge on any atom is 0.328 e. The van der Waals surface area contributed by atoms with Crippen molar-refractivity contribution in [1.82, 2.24) is 20.4 Å². The molecule has 0 spiro atoms. The Bertz CT molecular complexity index is 1590. The van der Waals surface area contributed by atoms with E-state index in [-0.39, 0.29) is 12.5 Å². The Kier molecular flexibility index (Phi) is 8.15. The van der Waals surface area contributed by atoms with Gasteiger partial charge in [0.05, 0.1) is 0 Å². The summed E-state index contributed by atoms with van der Waals surface area (Å²) in [5.41, 5.74) is 4.48. The summed E-state index contributed by atoms with van der Waals surface area (Å²) in [6.07, 6.45) is 3.28. The van der Waals surface area contributed by atoms with Crippen LogP contribution in [0, 0.1) is 31.2 Å². The summed E-state index contributed by atoms with van der Waals surface area (Å²) in [7, 11) is 0. The number of carboxylic acids is 1. The van der Waals surface area contributed by atoms with Gasteiger partial charge in [0.1, 0.15) is 11.6 Å². The molecule has 2 aliphatic rings. The number of furan rings is 1. The SMILES string of the molecule is Cc1cc2c(c(C)c1C(=O)NC(CN/C(=N\C#N)N1CCC(C)C1)C(=O)O)CCN(C(=O)c1cc3ccccc3o1)C2. The number of carboxylic acid groups (broad SMARTS) is 1. The van der Waals surface area contributed by atoms with Crippen molar-refractivity contribution in [3.63, 3.8) is 0 Å². The number of para-hydroxylation sites is 1. The second kappa shape index (κ2) is 11.9. The van der Waals surface area contributed by atoms with E-state index in [9.17, 15) is 19.5 Å². The second-order valence-electron chi connectivity index (χ2n) is 11.1. The lowest BCUT2D eigenvalue weighted by molar-refractivity contribution is -0.139. The van der Waals surface area contributed by atoms with Gasteiger partial charge in [0.2, 0.25) is 12.2 Å². The van der Waals surface area contributed by atoms with Crippen molar-refractivity contribution in [3.05, 3.63) is 70.0 Å². The van der Waals surface area contributed by atoms with E-state index in [1.807, 2.05) is 49.1 Å². The molecule has 1 aromatic heterocycles. The van der Waals surface area contributed by atoms with Crippen LogP contribution in [0.25, 0.3) is 11.0 Å². The number of hydrogen-bond acceptors (Lipinski definition) is 6. The van der Waals surface area contributed by atoms with E-state index >= 15 is 0 Å². The van der Waals surface area contributed by atoms with E-state index in [0.717, 1.165) is 28.5 Å². The van der Waals surface area contributed by atoms with Gasteiger partial charge in [0.25, 0.3) is 11.8 Å². The van der Waals surface area contributed by atoms with E-state index < -0.39 is 17.9 Å². The van der Waals surface area contributed by atoms with Gasteiger partial charge in [-0.1, -0.05) is 31.2 Å². The maximum atomic E-state index is 13.4. The van der Waals surface area contributed by atoms with Crippen LogP contribution in [-0.4, -0.2) is 70.9 Å². The lowest BCUT2D eigenvalue weighted by Gasteiger charge is -2.31. The van der Waals surface area contributed by atoms with Gasteiger partial charge in [-0.05, 0) is 67.0 Å². The summed E-state index contributed by atoms with van der Waals surface area (Å²) in [5, 5.41) is 25.4. The predicted octanol–water partition coefficient (Wildman–Crippen LogP) is 3.20. The fourth-order valence-corrected chi connectivity index (χ4v) is 5.92. The van der Waals surface area contributed by atoms with E-state index in [2.05, 4.69) is 22.5 Å². The summed E-state index contributed by atoms with van der Waals surface area (Å²) in [4.78, 5) is 46.2. The predicted molar refractivity (Wildman–Crippen MR) is 156 cm³/mol. The van der Waals surface area contributed by atoms with E-state index in [1.54, 1.807) is 17.2 Å². The number of carbonyl (C=O) groups excluding carboxylic acids is 2. The Morgan fingerprint density at radius 3 is 2.67 bits per heavy atom. The van der Waals surface area contributed by atoms with Crippen LogP contribution in [0.3, 0.4) is 0 Å². The molecule has 2 unspecified atom stereocenters. The third-order valence-corrected chi connectivity index (χ3v) is 8.09. The average Bonchev–Trinajstić information content (AvgIpc) is 3.60. The minimum atomic E-state index is -1.24. The molecule has 1 fully saturated rings. The highest BCUT2D eigenvalue weighted by molar-refractivity contribution is 6.00. The normalized spacial score (nSPS) is 17.5. The number of amides is 2. The highest BCUT2D eigenvalue weighted by Gasteiger charge is 2.30. The first-order chi connectivity index (χ1) is 20.2. The Morgan fingerprint density at radius 2 is 1.98 bits per heavy atom. The molecule has 3 aromatic rings. The quantitative estimate of drug-likeness (QED) is 0.232. The van der Waals surface area contributed by atoms with Gasteiger partial charge >= 0.3 is 5.97 Å². The topological polar surface area (TPSA) is 151 Å². The summed E-state index contributed by atoms with van der Waals surface area (Å²) >= 11 is 0. The molecule has 2 amide bonds. The van der Waals surface area contributed by atoms with Crippen LogP contribution < -0.4 is 10.6 Å². The molecule has 5 rings (SSSR count). The number of rotatable bonds is 6.